The average Bonchev–Trinajstić information content (AvgIpc) is 3.26. The van der Waals surface area contributed by atoms with Crippen LogP contribution in [0.25, 0.3) is 43.1 Å². The first-order chi connectivity index (χ1) is 27.7. The van der Waals surface area contributed by atoms with E-state index in [9.17, 15) is 0 Å². The lowest BCUT2D eigenvalue weighted by molar-refractivity contribution is 0.959. The molecule has 10 aromatic carbocycles. The zero-order valence-electron chi connectivity index (χ0n) is 31.1. The zero-order chi connectivity index (χ0) is 37.3. The van der Waals surface area contributed by atoms with E-state index in [1.54, 1.807) is 0 Å². The second kappa shape index (κ2) is 14.6. The summed E-state index contributed by atoms with van der Waals surface area (Å²) >= 11 is 0. The van der Waals surface area contributed by atoms with Crippen LogP contribution in [-0.4, -0.2) is 0 Å². The number of anilines is 6. The summed E-state index contributed by atoms with van der Waals surface area (Å²) < 4.78 is 0. The van der Waals surface area contributed by atoms with Crippen LogP contribution in [0.1, 0.15) is 11.1 Å². The smallest absolute Gasteiger partial charge is 0.0468 e. The van der Waals surface area contributed by atoms with Gasteiger partial charge in [0.15, 0.2) is 0 Å². The van der Waals surface area contributed by atoms with Crippen LogP contribution in [0, 0.1) is 0 Å². The summed E-state index contributed by atoms with van der Waals surface area (Å²) in [5.41, 5.74) is 9.52. The zero-order valence-corrected chi connectivity index (χ0v) is 31.1. The molecule has 0 atom stereocenters. The minimum absolute atomic E-state index is 0.963. The maximum atomic E-state index is 2.37. The summed E-state index contributed by atoms with van der Waals surface area (Å²) in [7, 11) is 0. The minimum Gasteiger partial charge on any atom is -0.310 e. The van der Waals surface area contributed by atoms with E-state index in [2.05, 4.69) is 228 Å². The van der Waals surface area contributed by atoms with Gasteiger partial charge < -0.3 is 9.80 Å². The van der Waals surface area contributed by atoms with Crippen LogP contribution in [0.3, 0.4) is 0 Å². The SMILES string of the molecule is c1ccc2cc(N(c3ccc(CCc4ccc(N(c5ccc6ccccc6c5)c5ccc6ccccc6c5)cc4)cc3)c3ccc4ccccc4c3)ccc2c1. The van der Waals surface area contributed by atoms with Gasteiger partial charge in [-0.2, -0.15) is 0 Å². The summed E-state index contributed by atoms with van der Waals surface area (Å²) in [6.07, 6.45) is 1.93. The van der Waals surface area contributed by atoms with Gasteiger partial charge in [0.05, 0.1) is 0 Å². The highest BCUT2D eigenvalue weighted by atomic mass is 15.1. The third-order valence-electron chi connectivity index (χ3n) is 11.1. The molecule has 0 aliphatic rings. The molecule has 10 rings (SSSR count). The Bertz CT molecular complexity index is 2620. The van der Waals surface area contributed by atoms with Crippen molar-refractivity contribution in [2.75, 3.05) is 9.80 Å². The Morgan fingerprint density at radius 1 is 0.214 bits per heavy atom. The normalized spacial score (nSPS) is 11.4. The van der Waals surface area contributed by atoms with Crippen LogP contribution in [0.2, 0.25) is 0 Å². The summed E-state index contributed by atoms with van der Waals surface area (Å²) in [5, 5.41) is 9.90. The van der Waals surface area contributed by atoms with Crippen molar-refractivity contribution in [3.05, 3.63) is 230 Å². The molecule has 56 heavy (non-hydrogen) atoms. The third-order valence-corrected chi connectivity index (χ3v) is 11.1. The summed E-state index contributed by atoms with van der Waals surface area (Å²) in [5.74, 6) is 0. The van der Waals surface area contributed by atoms with Gasteiger partial charge in [-0.1, -0.05) is 146 Å². The molecule has 0 aliphatic heterocycles. The molecule has 0 radical (unpaired) electrons. The molecule has 2 heteroatoms. The Kier molecular flexibility index (Phi) is 8.70. The number of hydrogen-bond acceptors (Lipinski definition) is 2. The van der Waals surface area contributed by atoms with Crippen LogP contribution >= 0.6 is 0 Å². The molecule has 2 nitrogen and oxygen atoms in total. The highest BCUT2D eigenvalue weighted by molar-refractivity contribution is 5.94. The van der Waals surface area contributed by atoms with Gasteiger partial charge in [0, 0.05) is 34.1 Å². The first-order valence-corrected chi connectivity index (χ1v) is 19.5. The summed E-state index contributed by atoms with van der Waals surface area (Å²) in [6, 6.07) is 79.6. The molecule has 10 aromatic rings. The van der Waals surface area contributed by atoms with Crippen molar-refractivity contribution in [3.63, 3.8) is 0 Å². The predicted octanol–water partition coefficient (Wildman–Crippen LogP) is 15.0. The van der Waals surface area contributed by atoms with Crippen molar-refractivity contribution in [3.8, 4) is 0 Å². The number of nitrogens with zero attached hydrogens (tertiary/aromatic N) is 2. The second-order valence-corrected chi connectivity index (χ2v) is 14.6. The van der Waals surface area contributed by atoms with Gasteiger partial charge in [0.1, 0.15) is 0 Å². The van der Waals surface area contributed by atoms with Gasteiger partial charge in [-0.25, -0.2) is 0 Å². The molecule has 0 saturated heterocycles. The van der Waals surface area contributed by atoms with Crippen LogP contribution in [0.15, 0.2) is 218 Å². The number of aryl methyl sites for hydroxylation is 2. The molecule has 0 saturated carbocycles. The largest absolute Gasteiger partial charge is 0.310 e. The Morgan fingerprint density at radius 2 is 0.446 bits per heavy atom. The summed E-state index contributed by atoms with van der Waals surface area (Å²) in [6.45, 7) is 0. The third kappa shape index (κ3) is 6.63. The van der Waals surface area contributed by atoms with Crippen molar-refractivity contribution in [2.24, 2.45) is 0 Å². The van der Waals surface area contributed by atoms with Crippen LogP contribution in [0.4, 0.5) is 34.1 Å². The fourth-order valence-corrected chi connectivity index (χ4v) is 8.07. The van der Waals surface area contributed by atoms with Gasteiger partial charge in [-0.3, -0.25) is 0 Å². The molecule has 0 amide bonds. The van der Waals surface area contributed by atoms with Crippen LogP contribution in [-0.2, 0) is 12.8 Å². The van der Waals surface area contributed by atoms with Crippen molar-refractivity contribution in [2.45, 2.75) is 12.8 Å². The lowest BCUT2D eigenvalue weighted by Crippen LogP contribution is -2.10. The van der Waals surface area contributed by atoms with E-state index in [-0.39, 0.29) is 0 Å². The van der Waals surface area contributed by atoms with E-state index in [4.69, 9.17) is 0 Å². The molecule has 0 N–H and O–H groups in total. The quantitative estimate of drug-likeness (QED) is 0.147. The monoisotopic (exact) mass is 716 g/mol. The minimum atomic E-state index is 0.963. The van der Waals surface area contributed by atoms with E-state index in [1.165, 1.54) is 54.2 Å². The Morgan fingerprint density at radius 3 is 0.714 bits per heavy atom. The van der Waals surface area contributed by atoms with Crippen molar-refractivity contribution >= 4 is 77.2 Å². The van der Waals surface area contributed by atoms with Gasteiger partial charge in [0.25, 0.3) is 0 Å². The molecule has 0 bridgehead atoms. The Hall–Kier alpha value is -7.16. The molecule has 0 aliphatic carbocycles. The predicted molar refractivity (Wildman–Crippen MR) is 240 cm³/mol. The first-order valence-electron chi connectivity index (χ1n) is 19.5. The first kappa shape index (κ1) is 33.4. The molecular formula is C54H40N2. The second-order valence-electron chi connectivity index (χ2n) is 14.6. The highest BCUT2D eigenvalue weighted by Gasteiger charge is 2.16. The fraction of sp³-hybridized carbons (Fsp3) is 0.0370. The molecule has 0 fully saturated rings. The average molecular weight is 717 g/mol. The maximum Gasteiger partial charge on any atom is 0.0468 e. The van der Waals surface area contributed by atoms with Crippen LogP contribution in [0.5, 0.6) is 0 Å². The van der Waals surface area contributed by atoms with E-state index < -0.39 is 0 Å². The lowest BCUT2D eigenvalue weighted by atomic mass is 10.0. The van der Waals surface area contributed by atoms with E-state index in [0.717, 1.165) is 47.0 Å². The van der Waals surface area contributed by atoms with Gasteiger partial charge in [-0.05, 0) is 140 Å². The van der Waals surface area contributed by atoms with Gasteiger partial charge in [-0.15, -0.1) is 0 Å². The van der Waals surface area contributed by atoms with Crippen molar-refractivity contribution < 1.29 is 0 Å². The Labute approximate surface area is 328 Å². The van der Waals surface area contributed by atoms with Gasteiger partial charge in [0.2, 0.25) is 0 Å². The number of hydrogen-bond donors (Lipinski definition) is 0. The van der Waals surface area contributed by atoms with Gasteiger partial charge >= 0.3 is 0 Å². The molecular weight excluding hydrogens is 677 g/mol. The van der Waals surface area contributed by atoms with Crippen molar-refractivity contribution in [1.29, 1.82) is 0 Å². The maximum absolute atomic E-state index is 2.37. The van der Waals surface area contributed by atoms with E-state index in [0.29, 0.717) is 0 Å². The van der Waals surface area contributed by atoms with Crippen LogP contribution < -0.4 is 9.80 Å². The standard InChI is InChI=1S/C54H40N2/c1-5-13-45-35-51(31-23-41(45)9-1)55(52-32-24-42-10-2-6-14-46(42)36-52)49-27-19-39(20-28-49)17-18-40-21-29-50(30-22-40)56(53-33-25-43-11-3-7-15-47(43)37-53)54-34-26-44-12-4-8-16-48(44)38-54/h1-16,19-38H,17-18H2. The fourth-order valence-electron chi connectivity index (χ4n) is 8.07. The molecule has 0 unspecified atom stereocenters. The Balaban J connectivity index is 0.920. The molecule has 0 heterocycles. The molecule has 0 spiro atoms. The lowest BCUT2D eigenvalue weighted by Gasteiger charge is -2.26. The number of fused-ring (bicyclic) bond motifs is 4. The molecule has 266 valence electrons. The topological polar surface area (TPSA) is 6.48 Å². The molecule has 0 aromatic heterocycles. The van der Waals surface area contributed by atoms with E-state index >= 15 is 0 Å². The highest BCUT2D eigenvalue weighted by Crippen LogP contribution is 2.39. The summed E-state index contributed by atoms with van der Waals surface area (Å²) in [4.78, 5) is 4.75. The van der Waals surface area contributed by atoms with Crippen molar-refractivity contribution in [1.82, 2.24) is 0 Å². The number of rotatable bonds is 9. The van der Waals surface area contributed by atoms with E-state index in [1.807, 2.05) is 0 Å². The number of benzene rings is 10.